The van der Waals surface area contributed by atoms with Crippen LogP contribution in [0, 0.1) is 0 Å². The molecular formula is C16H24N4O. The van der Waals surface area contributed by atoms with Crippen molar-refractivity contribution in [1.82, 2.24) is 15.5 Å². The number of nitrogens with zero attached hydrogens (tertiary/aromatic N) is 2. The summed E-state index contributed by atoms with van der Waals surface area (Å²) in [4.78, 5) is 0. The maximum Gasteiger partial charge on any atom is 0.315 e. The minimum absolute atomic E-state index is 0.0560. The number of hydrogen-bond acceptors (Lipinski definition) is 5. The van der Waals surface area contributed by atoms with Crippen LogP contribution in [-0.4, -0.2) is 22.8 Å². The van der Waals surface area contributed by atoms with E-state index in [-0.39, 0.29) is 11.6 Å². The van der Waals surface area contributed by atoms with Gasteiger partial charge in [-0.25, -0.2) is 0 Å². The number of aryl methyl sites for hydroxylation is 1. The molecule has 0 spiro atoms. The summed E-state index contributed by atoms with van der Waals surface area (Å²) in [5.74, 6) is 0.596. The van der Waals surface area contributed by atoms with Gasteiger partial charge in [0.25, 0.3) is 0 Å². The predicted octanol–water partition coefficient (Wildman–Crippen LogP) is 3.17. The summed E-state index contributed by atoms with van der Waals surface area (Å²) in [5, 5.41) is 14.5. The second kappa shape index (κ2) is 6.72. The van der Waals surface area contributed by atoms with E-state index < -0.39 is 0 Å². The quantitative estimate of drug-likeness (QED) is 0.819. The third kappa shape index (κ3) is 4.56. The predicted molar refractivity (Wildman–Crippen MR) is 84.2 cm³/mol. The smallest absolute Gasteiger partial charge is 0.315 e. The summed E-state index contributed by atoms with van der Waals surface area (Å²) in [6, 6.07) is 11.0. The molecule has 0 saturated carbocycles. The van der Waals surface area contributed by atoms with Crippen LogP contribution in [0.3, 0.4) is 0 Å². The Hall–Kier alpha value is -1.88. The normalized spacial score (nSPS) is 13.1. The molecule has 2 rings (SSSR count). The summed E-state index contributed by atoms with van der Waals surface area (Å²) in [6.07, 6.45) is 1.99. The molecule has 0 amide bonds. The number of anilines is 1. The highest BCUT2D eigenvalue weighted by molar-refractivity contribution is 5.24. The van der Waals surface area contributed by atoms with Gasteiger partial charge in [0, 0.05) is 5.54 Å². The zero-order valence-corrected chi connectivity index (χ0v) is 13.2. The van der Waals surface area contributed by atoms with Crippen LogP contribution in [0.2, 0.25) is 0 Å². The second-order valence-corrected chi connectivity index (χ2v) is 5.95. The molecule has 0 saturated heterocycles. The van der Waals surface area contributed by atoms with Crippen molar-refractivity contribution in [2.75, 3.05) is 12.4 Å². The Balaban J connectivity index is 1.92. The van der Waals surface area contributed by atoms with Crippen LogP contribution in [0.1, 0.15) is 44.7 Å². The lowest BCUT2D eigenvalue weighted by molar-refractivity contribution is 0.424. The molecule has 0 aliphatic rings. The Labute approximate surface area is 126 Å². The Morgan fingerprint density at radius 3 is 2.57 bits per heavy atom. The van der Waals surface area contributed by atoms with E-state index >= 15 is 0 Å². The maximum atomic E-state index is 5.63. The van der Waals surface area contributed by atoms with Gasteiger partial charge >= 0.3 is 6.01 Å². The summed E-state index contributed by atoms with van der Waals surface area (Å²) in [5.41, 5.74) is 1.23. The molecule has 1 atom stereocenters. The third-order valence-electron chi connectivity index (χ3n) is 3.57. The second-order valence-electron chi connectivity index (χ2n) is 5.95. The molecule has 5 heteroatoms. The molecular weight excluding hydrogens is 264 g/mol. The lowest BCUT2D eigenvalue weighted by Crippen LogP contribution is -2.31. The fourth-order valence-electron chi connectivity index (χ4n) is 2.04. The van der Waals surface area contributed by atoms with Crippen molar-refractivity contribution in [3.8, 4) is 0 Å². The first-order chi connectivity index (χ1) is 10.00. The zero-order valence-electron chi connectivity index (χ0n) is 13.2. The van der Waals surface area contributed by atoms with Crippen LogP contribution in [0.5, 0.6) is 0 Å². The van der Waals surface area contributed by atoms with Gasteiger partial charge < -0.3 is 15.1 Å². The SMILES string of the molecule is CNC(C)c1nnc(NC(C)(C)CCc2ccccc2)o1. The summed E-state index contributed by atoms with van der Waals surface area (Å²) in [6.45, 7) is 6.26. The van der Waals surface area contributed by atoms with E-state index in [9.17, 15) is 0 Å². The van der Waals surface area contributed by atoms with Crippen molar-refractivity contribution < 1.29 is 4.42 Å². The summed E-state index contributed by atoms with van der Waals surface area (Å²) in [7, 11) is 1.87. The monoisotopic (exact) mass is 288 g/mol. The van der Waals surface area contributed by atoms with Gasteiger partial charge in [-0.15, -0.1) is 5.10 Å². The minimum Gasteiger partial charge on any atom is -0.406 e. The van der Waals surface area contributed by atoms with Gasteiger partial charge in [-0.3, -0.25) is 0 Å². The third-order valence-corrected chi connectivity index (χ3v) is 3.57. The Bertz CT molecular complexity index is 550. The zero-order chi connectivity index (χ0) is 15.3. The highest BCUT2D eigenvalue weighted by atomic mass is 16.4. The molecule has 0 aliphatic heterocycles. The van der Waals surface area contributed by atoms with Crippen molar-refractivity contribution in [2.45, 2.75) is 45.2 Å². The number of rotatable bonds is 7. The van der Waals surface area contributed by atoms with Crippen LogP contribution >= 0.6 is 0 Å². The average molecular weight is 288 g/mol. The minimum atomic E-state index is -0.109. The van der Waals surface area contributed by atoms with Gasteiger partial charge in [-0.2, -0.15) is 0 Å². The average Bonchev–Trinajstić information content (AvgIpc) is 2.93. The van der Waals surface area contributed by atoms with Gasteiger partial charge in [0.1, 0.15) is 0 Å². The number of hydrogen-bond donors (Lipinski definition) is 2. The summed E-state index contributed by atoms with van der Waals surface area (Å²) < 4.78 is 5.63. The van der Waals surface area contributed by atoms with E-state index in [1.807, 2.05) is 20.0 Å². The van der Waals surface area contributed by atoms with Crippen molar-refractivity contribution in [3.63, 3.8) is 0 Å². The van der Waals surface area contributed by atoms with Gasteiger partial charge in [-0.05, 0) is 46.2 Å². The van der Waals surface area contributed by atoms with Gasteiger partial charge in [0.05, 0.1) is 6.04 Å². The molecule has 114 valence electrons. The molecule has 0 aliphatic carbocycles. The van der Waals surface area contributed by atoms with Crippen molar-refractivity contribution in [1.29, 1.82) is 0 Å². The van der Waals surface area contributed by atoms with E-state index in [1.54, 1.807) is 0 Å². The molecule has 1 heterocycles. The van der Waals surface area contributed by atoms with E-state index in [0.29, 0.717) is 11.9 Å². The first-order valence-electron chi connectivity index (χ1n) is 7.33. The lowest BCUT2D eigenvalue weighted by atomic mass is 9.95. The van der Waals surface area contributed by atoms with Crippen LogP contribution < -0.4 is 10.6 Å². The van der Waals surface area contributed by atoms with Crippen molar-refractivity contribution in [2.24, 2.45) is 0 Å². The molecule has 5 nitrogen and oxygen atoms in total. The van der Waals surface area contributed by atoms with Crippen LogP contribution in [-0.2, 0) is 6.42 Å². The maximum absolute atomic E-state index is 5.63. The highest BCUT2D eigenvalue weighted by Crippen LogP contribution is 2.21. The van der Waals surface area contributed by atoms with Gasteiger partial charge in [0.2, 0.25) is 5.89 Å². The molecule has 2 N–H and O–H groups in total. The van der Waals surface area contributed by atoms with Gasteiger partial charge in [0.15, 0.2) is 0 Å². The Morgan fingerprint density at radius 2 is 1.90 bits per heavy atom. The van der Waals surface area contributed by atoms with E-state index in [1.165, 1.54) is 5.56 Å². The fourth-order valence-corrected chi connectivity index (χ4v) is 2.04. The van der Waals surface area contributed by atoms with Crippen molar-refractivity contribution in [3.05, 3.63) is 41.8 Å². The molecule has 0 bridgehead atoms. The molecule has 21 heavy (non-hydrogen) atoms. The van der Waals surface area contributed by atoms with Crippen LogP contribution in [0.15, 0.2) is 34.7 Å². The fraction of sp³-hybridized carbons (Fsp3) is 0.500. The molecule has 1 aromatic heterocycles. The number of nitrogens with one attached hydrogen (secondary N) is 2. The lowest BCUT2D eigenvalue weighted by Gasteiger charge is -2.25. The first kappa shape index (κ1) is 15.5. The topological polar surface area (TPSA) is 63.0 Å². The first-order valence-corrected chi connectivity index (χ1v) is 7.33. The van der Waals surface area contributed by atoms with Gasteiger partial charge in [-0.1, -0.05) is 35.4 Å². The van der Waals surface area contributed by atoms with E-state index in [4.69, 9.17) is 4.42 Å². The molecule has 0 fully saturated rings. The number of aromatic nitrogens is 2. The standard InChI is InChI=1S/C16H24N4O/c1-12(17-4)14-19-20-15(21-14)18-16(2,3)11-10-13-8-6-5-7-9-13/h5-9,12,17H,10-11H2,1-4H3,(H,18,20). The van der Waals surface area contributed by atoms with E-state index in [0.717, 1.165) is 12.8 Å². The molecule has 2 aromatic rings. The number of benzene rings is 1. The Kier molecular flexibility index (Phi) is 4.96. The van der Waals surface area contributed by atoms with Crippen molar-refractivity contribution >= 4 is 6.01 Å². The van der Waals surface area contributed by atoms with Crippen LogP contribution in [0.25, 0.3) is 0 Å². The molecule has 1 aromatic carbocycles. The largest absolute Gasteiger partial charge is 0.406 e. The molecule has 0 radical (unpaired) electrons. The summed E-state index contributed by atoms with van der Waals surface area (Å²) >= 11 is 0. The Morgan fingerprint density at radius 1 is 1.19 bits per heavy atom. The van der Waals surface area contributed by atoms with Crippen LogP contribution in [0.4, 0.5) is 6.01 Å². The molecule has 1 unspecified atom stereocenters. The highest BCUT2D eigenvalue weighted by Gasteiger charge is 2.21. The van der Waals surface area contributed by atoms with E-state index in [2.05, 4.69) is 58.9 Å².